The smallest absolute Gasteiger partial charge is 0.217 e. The van der Waals surface area contributed by atoms with Gasteiger partial charge >= 0.3 is 0 Å². The van der Waals surface area contributed by atoms with Gasteiger partial charge in [0.05, 0.1) is 12.1 Å². The van der Waals surface area contributed by atoms with Crippen molar-refractivity contribution in [1.29, 1.82) is 0 Å². The zero-order valence-electron chi connectivity index (χ0n) is 8.69. The first-order chi connectivity index (χ1) is 6.54. The van der Waals surface area contributed by atoms with Crippen molar-refractivity contribution in [3.8, 4) is 0 Å². The number of rotatable bonds is 2. The van der Waals surface area contributed by atoms with Gasteiger partial charge in [0.1, 0.15) is 6.10 Å². The van der Waals surface area contributed by atoms with E-state index in [-0.39, 0.29) is 24.3 Å². The highest BCUT2D eigenvalue weighted by Gasteiger charge is 2.35. The lowest BCUT2D eigenvalue weighted by molar-refractivity contribution is -0.214. The molecule has 5 heteroatoms. The zero-order valence-corrected chi connectivity index (χ0v) is 8.69. The molecule has 0 saturated carbocycles. The molecule has 1 aliphatic rings. The molecule has 0 aromatic rings. The quantitative estimate of drug-likeness (QED) is 0.642. The fourth-order valence-electron chi connectivity index (χ4n) is 1.61. The first-order valence-electron chi connectivity index (χ1n) is 4.68. The van der Waals surface area contributed by atoms with E-state index in [1.165, 1.54) is 6.92 Å². The number of aliphatic hydroxyl groups is 1. The molecule has 0 aromatic carbocycles. The molecular weight excluding hydrogens is 186 g/mol. The highest BCUT2D eigenvalue weighted by atomic mass is 16.7. The molecule has 0 aromatic heterocycles. The average Bonchev–Trinajstić information content (AvgIpc) is 2.11. The molecule has 5 nitrogen and oxygen atoms in total. The van der Waals surface area contributed by atoms with E-state index >= 15 is 0 Å². The second kappa shape index (κ2) is 4.72. The molecule has 1 fully saturated rings. The van der Waals surface area contributed by atoms with Crippen molar-refractivity contribution in [2.24, 2.45) is 0 Å². The molecule has 1 saturated heterocycles. The second-order valence-corrected chi connectivity index (χ2v) is 3.54. The van der Waals surface area contributed by atoms with Crippen molar-refractivity contribution >= 4 is 5.91 Å². The summed E-state index contributed by atoms with van der Waals surface area (Å²) >= 11 is 0. The molecule has 1 aliphatic heterocycles. The van der Waals surface area contributed by atoms with E-state index in [9.17, 15) is 9.90 Å². The van der Waals surface area contributed by atoms with Crippen molar-refractivity contribution in [2.75, 3.05) is 7.11 Å². The molecule has 82 valence electrons. The van der Waals surface area contributed by atoms with Crippen LogP contribution >= 0.6 is 0 Å². The normalized spacial score (nSPS) is 38.0. The summed E-state index contributed by atoms with van der Waals surface area (Å²) < 4.78 is 10.4. The van der Waals surface area contributed by atoms with Crippen LogP contribution in [0.2, 0.25) is 0 Å². The van der Waals surface area contributed by atoms with Crippen LogP contribution in [0.15, 0.2) is 0 Å². The van der Waals surface area contributed by atoms with E-state index in [0.29, 0.717) is 6.42 Å². The lowest BCUT2D eigenvalue weighted by Gasteiger charge is -2.37. The topological polar surface area (TPSA) is 67.8 Å². The number of carbonyl (C=O) groups is 1. The van der Waals surface area contributed by atoms with Gasteiger partial charge in [-0.2, -0.15) is 0 Å². The van der Waals surface area contributed by atoms with Crippen molar-refractivity contribution in [2.45, 2.75) is 44.8 Å². The lowest BCUT2D eigenvalue weighted by Crippen LogP contribution is -2.54. The molecule has 14 heavy (non-hydrogen) atoms. The van der Waals surface area contributed by atoms with Crippen LogP contribution in [0.1, 0.15) is 20.3 Å². The number of hydrogen-bond acceptors (Lipinski definition) is 4. The SMILES string of the molecule is COC1CC(NC(C)=O)C(O)C(C)O1. The van der Waals surface area contributed by atoms with Crippen molar-refractivity contribution in [1.82, 2.24) is 5.32 Å². The van der Waals surface area contributed by atoms with Crippen LogP contribution < -0.4 is 5.32 Å². The van der Waals surface area contributed by atoms with Gasteiger partial charge in [-0.25, -0.2) is 0 Å². The van der Waals surface area contributed by atoms with Crippen LogP contribution in [0.25, 0.3) is 0 Å². The number of nitrogens with one attached hydrogen (secondary N) is 1. The second-order valence-electron chi connectivity index (χ2n) is 3.54. The molecule has 2 N–H and O–H groups in total. The number of amides is 1. The predicted molar refractivity (Wildman–Crippen MR) is 49.6 cm³/mol. The monoisotopic (exact) mass is 203 g/mol. The molecule has 4 atom stereocenters. The molecule has 0 bridgehead atoms. The Kier molecular flexibility index (Phi) is 3.86. The van der Waals surface area contributed by atoms with E-state index in [2.05, 4.69) is 5.32 Å². The number of hydrogen-bond donors (Lipinski definition) is 2. The van der Waals surface area contributed by atoms with Crippen LogP contribution in [-0.4, -0.2) is 42.7 Å². The van der Waals surface area contributed by atoms with E-state index in [1.54, 1.807) is 14.0 Å². The maximum atomic E-state index is 10.9. The van der Waals surface area contributed by atoms with Crippen molar-refractivity contribution in [3.05, 3.63) is 0 Å². The Labute approximate surface area is 83.4 Å². The van der Waals surface area contributed by atoms with E-state index < -0.39 is 6.10 Å². The van der Waals surface area contributed by atoms with Gasteiger partial charge in [-0.1, -0.05) is 0 Å². The Morgan fingerprint density at radius 2 is 2.29 bits per heavy atom. The first-order valence-corrected chi connectivity index (χ1v) is 4.68. The summed E-state index contributed by atoms with van der Waals surface area (Å²) in [5, 5.41) is 12.4. The van der Waals surface area contributed by atoms with Gasteiger partial charge in [-0.3, -0.25) is 4.79 Å². The third kappa shape index (κ3) is 2.67. The minimum atomic E-state index is -0.676. The van der Waals surface area contributed by atoms with Gasteiger partial charge in [0.15, 0.2) is 6.29 Å². The summed E-state index contributed by atoms with van der Waals surface area (Å²) in [6.45, 7) is 3.18. The number of ether oxygens (including phenoxy) is 2. The number of methoxy groups -OCH3 is 1. The summed E-state index contributed by atoms with van der Waals surface area (Å²) in [6.07, 6.45) is -0.886. The fourth-order valence-corrected chi connectivity index (χ4v) is 1.61. The molecule has 1 heterocycles. The lowest BCUT2D eigenvalue weighted by atomic mass is 9.99. The molecule has 0 aliphatic carbocycles. The Morgan fingerprint density at radius 3 is 2.79 bits per heavy atom. The highest BCUT2D eigenvalue weighted by Crippen LogP contribution is 2.20. The molecule has 0 radical (unpaired) electrons. The van der Waals surface area contributed by atoms with Crippen LogP contribution in [0.4, 0.5) is 0 Å². The van der Waals surface area contributed by atoms with Gasteiger partial charge in [0.25, 0.3) is 0 Å². The Hall–Kier alpha value is -0.650. The molecule has 0 spiro atoms. The maximum Gasteiger partial charge on any atom is 0.217 e. The van der Waals surface area contributed by atoms with Gasteiger partial charge in [0, 0.05) is 20.5 Å². The first kappa shape index (κ1) is 11.4. The maximum absolute atomic E-state index is 10.9. The molecular formula is C9H17NO4. The standard InChI is InChI=1S/C9H17NO4/c1-5-9(12)7(10-6(2)11)4-8(13-3)14-5/h5,7-9,12H,4H2,1-3H3,(H,10,11). The zero-order chi connectivity index (χ0) is 10.7. The minimum absolute atomic E-state index is 0.155. The van der Waals surface area contributed by atoms with Gasteiger partial charge < -0.3 is 19.9 Å². The summed E-state index contributed by atoms with van der Waals surface area (Å²) in [5.41, 5.74) is 0. The Morgan fingerprint density at radius 1 is 1.64 bits per heavy atom. The van der Waals surface area contributed by atoms with E-state index in [0.717, 1.165) is 0 Å². The highest BCUT2D eigenvalue weighted by molar-refractivity contribution is 5.73. The molecule has 4 unspecified atom stereocenters. The summed E-state index contributed by atoms with van der Waals surface area (Å²) in [4.78, 5) is 10.9. The fraction of sp³-hybridized carbons (Fsp3) is 0.889. The molecule has 1 rings (SSSR count). The largest absolute Gasteiger partial charge is 0.388 e. The summed E-state index contributed by atoms with van der Waals surface area (Å²) in [5.74, 6) is -0.155. The van der Waals surface area contributed by atoms with Crippen LogP contribution in [-0.2, 0) is 14.3 Å². The third-order valence-electron chi connectivity index (χ3n) is 2.36. The summed E-state index contributed by atoms with van der Waals surface area (Å²) in [7, 11) is 1.54. The number of carbonyl (C=O) groups excluding carboxylic acids is 1. The van der Waals surface area contributed by atoms with Gasteiger partial charge in [0.2, 0.25) is 5.91 Å². The van der Waals surface area contributed by atoms with Crippen LogP contribution in [0.5, 0.6) is 0 Å². The Balaban J connectivity index is 2.57. The molecule has 1 amide bonds. The van der Waals surface area contributed by atoms with Crippen molar-refractivity contribution in [3.63, 3.8) is 0 Å². The van der Waals surface area contributed by atoms with Gasteiger partial charge in [-0.05, 0) is 6.92 Å². The average molecular weight is 203 g/mol. The summed E-state index contributed by atoms with van der Waals surface area (Å²) in [6, 6.07) is -0.291. The van der Waals surface area contributed by atoms with E-state index in [4.69, 9.17) is 9.47 Å². The third-order valence-corrected chi connectivity index (χ3v) is 2.36. The van der Waals surface area contributed by atoms with Crippen LogP contribution in [0, 0.1) is 0 Å². The minimum Gasteiger partial charge on any atom is -0.388 e. The predicted octanol–water partition coefficient (Wildman–Crippen LogP) is -0.367. The van der Waals surface area contributed by atoms with Crippen LogP contribution in [0.3, 0.4) is 0 Å². The Bertz CT molecular complexity index is 209. The number of aliphatic hydroxyl groups excluding tert-OH is 1. The van der Waals surface area contributed by atoms with Gasteiger partial charge in [-0.15, -0.1) is 0 Å². The van der Waals surface area contributed by atoms with Crippen molar-refractivity contribution < 1.29 is 19.4 Å². The van der Waals surface area contributed by atoms with E-state index in [1.807, 2.05) is 0 Å².